The van der Waals surface area contributed by atoms with Crippen LogP contribution in [0.15, 0.2) is 83.8 Å². The SMILES string of the molecule is Cc1ccc(S(=O)(=O)NC(Cc2cc3c(n2C)C(=O)c2ccccc2C3=O)c2ccc(F)cc2)cc1. The minimum Gasteiger partial charge on any atom is -0.344 e. The molecule has 1 aliphatic carbocycles. The van der Waals surface area contributed by atoms with E-state index in [2.05, 4.69) is 4.72 Å². The Morgan fingerprint density at radius 1 is 0.861 bits per heavy atom. The number of ketones is 2. The molecule has 1 aromatic heterocycles. The Morgan fingerprint density at radius 2 is 1.47 bits per heavy atom. The van der Waals surface area contributed by atoms with Gasteiger partial charge in [0.15, 0.2) is 5.78 Å². The largest absolute Gasteiger partial charge is 0.344 e. The molecule has 6 nitrogen and oxygen atoms in total. The van der Waals surface area contributed by atoms with Gasteiger partial charge in [-0.3, -0.25) is 9.59 Å². The quantitative estimate of drug-likeness (QED) is 0.370. The third kappa shape index (κ3) is 4.19. The second kappa shape index (κ2) is 8.96. The van der Waals surface area contributed by atoms with E-state index in [9.17, 15) is 22.4 Å². The van der Waals surface area contributed by atoms with Gasteiger partial charge < -0.3 is 4.57 Å². The third-order valence-corrected chi connectivity index (χ3v) is 8.01. The second-order valence-corrected chi connectivity index (χ2v) is 10.6. The second-order valence-electron chi connectivity index (χ2n) is 8.90. The molecule has 0 bridgehead atoms. The number of sulfonamides is 1. The van der Waals surface area contributed by atoms with Crippen molar-refractivity contribution in [2.75, 3.05) is 0 Å². The normalized spacial score (nSPS) is 13.9. The van der Waals surface area contributed by atoms with Gasteiger partial charge in [-0.05, 0) is 42.8 Å². The summed E-state index contributed by atoms with van der Waals surface area (Å²) in [5.74, 6) is -0.949. The number of aromatic nitrogens is 1. The van der Waals surface area contributed by atoms with Gasteiger partial charge in [-0.25, -0.2) is 17.5 Å². The number of fused-ring (bicyclic) bond motifs is 2. The highest BCUT2D eigenvalue weighted by atomic mass is 32.2. The number of aryl methyl sites for hydroxylation is 1. The van der Waals surface area contributed by atoms with Crippen LogP contribution in [0.3, 0.4) is 0 Å². The molecule has 0 saturated heterocycles. The van der Waals surface area contributed by atoms with Gasteiger partial charge in [-0.1, -0.05) is 54.1 Å². The molecule has 8 heteroatoms. The highest BCUT2D eigenvalue weighted by Crippen LogP contribution is 2.31. The predicted octanol–water partition coefficient (Wildman–Crippen LogP) is 4.51. The summed E-state index contributed by atoms with van der Waals surface area (Å²) in [5, 5.41) is 0. The fraction of sp³-hybridized carbons (Fsp3) is 0.143. The molecular formula is C28H23FN2O4S. The fourth-order valence-corrected chi connectivity index (χ4v) is 5.78. The molecule has 3 aromatic carbocycles. The summed E-state index contributed by atoms with van der Waals surface area (Å²) in [4.78, 5) is 26.4. The zero-order valence-electron chi connectivity index (χ0n) is 19.7. The molecule has 1 heterocycles. The Bertz CT molecular complexity index is 1600. The van der Waals surface area contributed by atoms with E-state index in [1.807, 2.05) is 6.92 Å². The summed E-state index contributed by atoms with van der Waals surface area (Å²) in [6, 6.07) is 19.6. The van der Waals surface area contributed by atoms with Crippen molar-refractivity contribution < 1.29 is 22.4 Å². The van der Waals surface area contributed by atoms with Crippen LogP contribution in [0.4, 0.5) is 4.39 Å². The molecule has 1 unspecified atom stereocenters. The van der Waals surface area contributed by atoms with Crippen molar-refractivity contribution in [3.05, 3.63) is 124 Å². The Kier molecular flexibility index (Phi) is 5.94. The number of hydrogen-bond acceptors (Lipinski definition) is 4. The van der Waals surface area contributed by atoms with Gasteiger partial charge in [0.25, 0.3) is 0 Å². The molecule has 5 rings (SSSR count). The first-order valence-corrected chi connectivity index (χ1v) is 12.9. The number of hydrogen-bond donors (Lipinski definition) is 1. The van der Waals surface area contributed by atoms with Crippen LogP contribution in [-0.2, 0) is 23.5 Å². The van der Waals surface area contributed by atoms with Crippen molar-refractivity contribution >= 4 is 21.6 Å². The topological polar surface area (TPSA) is 85.2 Å². The number of halogens is 1. The molecule has 0 aliphatic heterocycles. The lowest BCUT2D eigenvalue weighted by atomic mass is 9.88. The third-order valence-electron chi connectivity index (χ3n) is 6.52. The van der Waals surface area contributed by atoms with Gasteiger partial charge in [0, 0.05) is 30.3 Å². The molecule has 0 saturated carbocycles. The van der Waals surface area contributed by atoms with E-state index in [4.69, 9.17) is 0 Å². The molecule has 4 aromatic rings. The minimum absolute atomic E-state index is 0.104. The van der Waals surface area contributed by atoms with Gasteiger partial charge >= 0.3 is 0 Å². The lowest BCUT2D eigenvalue weighted by Gasteiger charge is -2.20. The van der Waals surface area contributed by atoms with E-state index >= 15 is 0 Å². The Balaban J connectivity index is 1.54. The average Bonchev–Trinajstić information content (AvgIpc) is 3.19. The first-order chi connectivity index (χ1) is 17.2. The molecule has 182 valence electrons. The standard InChI is InChI=1S/C28H23FN2O4S/c1-17-7-13-21(14-8-17)36(34,35)30-25(18-9-11-19(29)12-10-18)16-20-15-24-26(31(20)2)28(33)23-6-4-3-5-22(23)27(24)32/h3-15,25,30H,16H2,1-2H3. The van der Waals surface area contributed by atoms with Crippen LogP contribution >= 0.6 is 0 Å². The lowest BCUT2D eigenvalue weighted by molar-refractivity contribution is 0.0974. The summed E-state index contributed by atoms with van der Waals surface area (Å²) in [5.41, 5.74) is 3.32. The first kappa shape index (κ1) is 23.8. The molecular weight excluding hydrogens is 479 g/mol. The van der Waals surface area contributed by atoms with Crippen LogP contribution in [-0.4, -0.2) is 24.6 Å². The van der Waals surface area contributed by atoms with E-state index in [0.717, 1.165) is 5.56 Å². The number of rotatable bonds is 6. The van der Waals surface area contributed by atoms with Gasteiger partial charge in [0.1, 0.15) is 11.5 Å². The smallest absolute Gasteiger partial charge is 0.241 e. The van der Waals surface area contributed by atoms with Crippen LogP contribution in [0.5, 0.6) is 0 Å². The van der Waals surface area contributed by atoms with Gasteiger partial charge in [0.05, 0.1) is 16.5 Å². The Hall–Kier alpha value is -3.88. The molecule has 0 radical (unpaired) electrons. The molecule has 1 N–H and O–H groups in total. The van der Waals surface area contributed by atoms with Crippen LogP contribution in [0, 0.1) is 12.7 Å². The maximum Gasteiger partial charge on any atom is 0.241 e. The Morgan fingerprint density at radius 3 is 2.11 bits per heavy atom. The molecule has 0 spiro atoms. The highest BCUT2D eigenvalue weighted by Gasteiger charge is 2.34. The number of nitrogens with one attached hydrogen (secondary N) is 1. The molecule has 0 amide bonds. The highest BCUT2D eigenvalue weighted by molar-refractivity contribution is 7.89. The summed E-state index contributed by atoms with van der Waals surface area (Å²) in [6.07, 6.45) is 0.136. The first-order valence-electron chi connectivity index (χ1n) is 11.4. The minimum atomic E-state index is -3.92. The zero-order chi connectivity index (χ0) is 25.6. The summed E-state index contributed by atoms with van der Waals surface area (Å²) < 4.78 is 44.4. The molecule has 1 atom stereocenters. The van der Waals surface area contributed by atoms with Gasteiger partial charge in [0.2, 0.25) is 15.8 Å². The maximum absolute atomic E-state index is 13.6. The average molecular weight is 503 g/mol. The van der Waals surface area contributed by atoms with Crippen LogP contribution in [0.1, 0.15) is 54.8 Å². The van der Waals surface area contributed by atoms with E-state index in [1.165, 1.54) is 36.4 Å². The maximum atomic E-state index is 13.6. The molecule has 36 heavy (non-hydrogen) atoms. The summed E-state index contributed by atoms with van der Waals surface area (Å²) in [7, 11) is -2.24. The number of benzene rings is 3. The lowest BCUT2D eigenvalue weighted by Crippen LogP contribution is -2.30. The van der Waals surface area contributed by atoms with Crippen molar-refractivity contribution in [3.63, 3.8) is 0 Å². The molecule has 1 aliphatic rings. The van der Waals surface area contributed by atoms with Crippen molar-refractivity contribution in [2.45, 2.75) is 24.3 Å². The van der Waals surface area contributed by atoms with Crippen LogP contribution in [0.25, 0.3) is 0 Å². The van der Waals surface area contributed by atoms with Gasteiger partial charge in [-0.15, -0.1) is 0 Å². The number of carbonyl (C=O) groups excluding carboxylic acids is 2. The zero-order valence-corrected chi connectivity index (χ0v) is 20.5. The monoisotopic (exact) mass is 502 g/mol. The summed E-state index contributed by atoms with van der Waals surface area (Å²) in [6.45, 7) is 1.86. The van der Waals surface area contributed by atoms with Crippen LogP contribution in [0.2, 0.25) is 0 Å². The van der Waals surface area contributed by atoms with Crippen molar-refractivity contribution in [1.29, 1.82) is 0 Å². The van der Waals surface area contributed by atoms with E-state index < -0.39 is 21.9 Å². The van der Waals surface area contributed by atoms with E-state index in [-0.39, 0.29) is 34.1 Å². The van der Waals surface area contributed by atoms with Crippen LogP contribution < -0.4 is 4.72 Å². The Labute approximate surface area is 208 Å². The van der Waals surface area contributed by atoms with E-state index in [1.54, 1.807) is 54.1 Å². The molecule has 0 fully saturated rings. The van der Waals surface area contributed by atoms with E-state index in [0.29, 0.717) is 22.4 Å². The van der Waals surface area contributed by atoms with Gasteiger partial charge in [-0.2, -0.15) is 0 Å². The fourth-order valence-electron chi connectivity index (χ4n) is 4.56. The van der Waals surface area contributed by atoms with Crippen molar-refractivity contribution in [2.24, 2.45) is 7.05 Å². The van der Waals surface area contributed by atoms with Crippen molar-refractivity contribution in [3.8, 4) is 0 Å². The number of carbonyl (C=O) groups is 2. The summed E-state index contributed by atoms with van der Waals surface area (Å²) >= 11 is 0. The van der Waals surface area contributed by atoms with Crippen molar-refractivity contribution in [1.82, 2.24) is 9.29 Å². The number of nitrogens with zero attached hydrogens (tertiary/aromatic N) is 1. The predicted molar refractivity (Wildman–Crippen MR) is 133 cm³/mol.